The largest absolute Gasteiger partial charge is 0.423 e. The van der Waals surface area contributed by atoms with Crippen LogP contribution in [-0.2, 0) is 9.84 Å². The number of nitrogens with zero attached hydrogens (tertiary/aromatic N) is 1. The Hall–Kier alpha value is -2.38. The van der Waals surface area contributed by atoms with Gasteiger partial charge in [-0.05, 0) is 42.5 Å². The van der Waals surface area contributed by atoms with Gasteiger partial charge in [0.1, 0.15) is 5.52 Å². The molecule has 0 saturated heterocycles. The monoisotopic (exact) mass is 350 g/mol. The van der Waals surface area contributed by atoms with Crippen LogP contribution in [0, 0.1) is 0 Å². The van der Waals surface area contributed by atoms with Crippen LogP contribution in [0.2, 0.25) is 5.02 Å². The molecule has 23 heavy (non-hydrogen) atoms. The third kappa shape index (κ3) is 3.35. The standard InChI is InChI=1S/C15H11ClN2O4S/c1-23(20,21)11-5-2-9(3-6-11)14(19)18-15-17-12-8-10(16)4-7-13(12)22-15/h2-8H,1H3,(H,17,18,19). The maximum atomic E-state index is 12.1. The quantitative estimate of drug-likeness (QED) is 0.783. The van der Waals surface area contributed by atoms with Gasteiger partial charge in [-0.3, -0.25) is 10.1 Å². The van der Waals surface area contributed by atoms with Crippen molar-refractivity contribution in [2.75, 3.05) is 11.6 Å². The molecular weight excluding hydrogens is 340 g/mol. The molecular formula is C15H11ClN2O4S. The fourth-order valence-electron chi connectivity index (χ4n) is 1.98. The number of oxazole rings is 1. The number of benzene rings is 2. The van der Waals surface area contributed by atoms with Gasteiger partial charge in [0, 0.05) is 16.8 Å². The first kappa shape index (κ1) is 15.5. The highest BCUT2D eigenvalue weighted by atomic mass is 35.5. The first-order chi connectivity index (χ1) is 10.8. The predicted molar refractivity (Wildman–Crippen MR) is 86.5 cm³/mol. The van der Waals surface area contributed by atoms with Crippen molar-refractivity contribution < 1.29 is 17.6 Å². The number of hydrogen-bond donors (Lipinski definition) is 1. The molecule has 0 fully saturated rings. The van der Waals surface area contributed by atoms with Crippen molar-refractivity contribution in [3.63, 3.8) is 0 Å². The van der Waals surface area contributed by atoms with E-state index in [-0.39, 0.29) is 16.5 Å². The van der Waals surface area contributed by atoms with Gasteiger partial charge in [-0.25, -0.2) is 8.42 Å². The molecule has 0 bridgehead atoms. The molecule has 0 aliphatic heterocycles. The molecule has 6 nitrogen and oxygen atoms in total. The summed E-state index contributed by atoms with van der Waals surface area (Å²) >= 11 is 5.86. The Morgan fingerprint density at radius 3 is 2.52 bits per heavy atom. The fraction of sp³-hybridized carbons (Fsp3) is 0.0667. The van der Waals surface area contributed by atoms with Crippen LogP contribution in [0.5, 0.6) is 0 Å². The Morgan fingerprint density at radius 2 is 1.87 bits per heavy atom. The van der Waals surface area contributed by atoms with Crippen molar-refractivity contribution in [1.82, 2.24) is 4.98 Å². The summed E-state index contributed by atoms with van der Waals surface area (Å²) in [5, 5.41) is 3.03. The van der Waals surface area contributed by atoms with E-state index < -0.39 is 15.7 Å². The number of carbonyl (C=O) groups excluding carboxylic acids is 1. The summed E-state index contributed by atoms with van der Waals surface area (Å²) in [5.41, 5.74) is 1.31. The van der Waals surface area contributed by atoms with E-state index in [1.54, 1.807) is 18.2 Å². The van der Waals surface area contributed by atoms with E-state index in [0.29, 0.717) is 16.1 Å². The number of nitrogens with one attached hydrogen (secondary N) is 1. The average Bonchev–Trinajstić information content (AvgIpc) is 2.87. The van der Waals surface area contributed by atoms with Crippen LogP contribution in [0.3, 0.4) is 0 Å². The first-order valence-electron chi connectivity index (χ1n) is 6.50. The molecule has 8 heteroatoms. The van der Waals surface area contributed by atoms with Gasteiger partial charge in [0.25, 0.3) is 5.91 Å². The van der Waals surface area contributed by atoms with E-state index in [1.807, 2.05) is 0 Å². The topological polar surface area (TPSA) is 89.3 Å². The number of amides is 1. The van der Waals surface area contributed by atoms with Gasteiger partial charge in [0.15, 0.2) is 15.4 Å². The highest BCUT2D eigenvalue weighted by Gasteiger charge is 2.13. The van der Waals surface area contributed by atoms with Crippen molar-refractivity contribution in [2.45, 2.75) is 4.90 Å². The second-order valence-corrected chi connectivity index (χ2v) is 7.33. The molecule has 3 aromatic rings. The van der Waals surface area contributed by atoms with Gasteiger partial charge in [0.05, 0.1) is 4.90 Å². The minimum absolute atomic E-state index is 0.0412. The minimum Gasteiger partial charge on any atom is -0.423 e. The lowest BCUT2D eigenvalue weighted by Gasteiger charge is -2.02. The van der Waals surface area contributed by atoms with Gasteiger partial charge < -0.3 is 4.42 Å². The van der Waals surface area contributed by atoms with Crippen molar-refractivity contribution in [3.8, 4) is 0 Å². The summed E-state index contributed by atoms with van der Waals surface area (Å²) in [6.07, 6.45) is 1.10. The van der Waals surface area contributed by atoms with Crippen LogP contribution in [-0.4, -0.2) is 25.6 Å². The number of rotatable bonds is 3. The van der Waals surface area contributed by atoms with Crippen LogP contribution in [0.15, 0.2) is 51.8 Å². The minimum atomic E-state index is -3.30. The number of halogens is 1. The predicted octanol–water partition coefficient (Wildman–Crippen LogP) is 3.14. The molecule has 1 N–H and O–H groups in total. The van der Waals surface area contributed by atoms with Crippen molar-refractivity contribution in [2.24, 2.45) is 0 Å². The van der Waals surface area contributed by atoms with Gasteiger partial charge in [-0.15, -0.1) is 0 Å². The van der Waals surface area contributed by atoms with E-state index in [1.165, 1.54) is 24.3 Å². The molecule has 0 radical (unpaired) electrons. The van der Waals surface area contributed by atoms with E-state index >= 15 is 0 Å². The van der Waals surface area contributed by atoms with E-state index in [0.717, 1.165) is 6.26 Å². The molecule has 1 heterocycles. The number of carbonyl (C=O) groups is 1. The Labute approximate surface area is 137 Å². The van der Waals surface area contributed by atoms with E-state index in [4.69, 9.17) is 16.0 Å². The Kier molecular flexibility index (Phi) is 3.83. The lowest BCUT2D eigenvalue weighted by molar-refractivity contribution is 0.102. The summed E-state index contributed by atoms with van der Waals surface area (Å²) in [4.78, 5) is 16.4. The lowest BCUT2D eigenvalue weighted by Crippen LogP contribution is -2.12. The molecule has 1 aromatic heterocycles. The normalized spacial score (nSPS) is 11.6. The lowest BCUT2D eigenvalue weighted by atomic mass is 10.2. The molecule has 0 aliphatic rings. The zero-order valence-electron chi connectivity index (χ0n) is 11.9. The highest BCUT2D eigenvalue weighted by molar-refractivity contribution is 7.90. The average molecular weight is 351 g/mol. The number of aromatic nitrogens is 1. The molecule has 0 atom stereocenters. The van der Waals surface area contributed by atoms with Crippen molar-refractivity contribution >= 4 is 44.5 Å². The highest BCUT2D eigenvalue weighted by Crippen LogP contribution is 2.22. The molecule has 0 aliphatic carbocycles. The molecule has 0 unspecified atom stereocenters. The van der Waals surface area contributed by atoms with Crippen LogP contribution < -0.4 is 5.32 Å². The Balaban J connectivity index is 1.82. The van der Waals surface area contributed by atoms with Crippen LogP contribution >= 0.6 is 11.6 Å². The summed E-state index contributed by atoms with van der Waals surface area (Å²) in [5.74, 6) is -0.456. The van der Waals surface area contributed by atoms with Gasteiger partial charge in [0.2, 0.25) is 0 Å². The molecule has 118 valence electrons. The second kappa shape index (κ2) is 5.68. The van der Waals surface area contributed by atoms with Crippen molar-refractivity contribution in [1.29, 1.82) is 0 Å². The Bertz CT molecular complexity index is 994. The molecule has 3 rings (SSSR count). The third-order valence-corrected chi connectivity index (χ3v) is 4.48. The summed E-state index contributed by atoms with van der Waals surface area (Å²) in [7, 11) is -3.30. The third-order valence-electron chi connectivity index (χ3n) is 3.11. The van der Waals surface area contributed by atoms with Gasteiger partial charge in [-0.1, -0.05) is 11.6 Å². The SMILES string of the molecule is CS(=O)(=O)c1ccc(C(=O)Nc2nc3cc(Cl)ccc3o2)cc1. The second-order valence-electron chi connectivity index (χ2n) is 4.88. The number of hydrogen-bond acceptors (Lipinski definition) is 5. The van der Waals surface area contributed by atoms with Crippen LogP contribution in [0.1, 0.15) is 10.4 Å². The maximum Gasteiger partial charge on any atom is 0.302 e. The molecule has 1 amide bonds. The zero-order valence-corrected chi connectivity index (χ0v) is 13.5. The fourth-order valence-corrected chi connectivity index (χ4v) is 2.77. The molecule has 0 spiro atoms. The summed E-state index contributed by atoms with van der Waals surface area (Å²) < 4.78 is 28.2. The number of fused-ring (bicyclic) bond motifs is 1. The van der Waals surface area contributed by atoms with Crippen LogP contribution in [0.25, 0.3) is 11.1 Å². The molecule has 2 aromatic carbocycles. The molecule has 0 saturated carbocycles. The zero-order chi connectivity index (χ0) is 16.6. The van der Waals surface area contributed by atoms with Gasteiger partial charge in [-0.2, -0.15) is 4.98 Å². The van der Waals surface area contributed by atoms with Crippen LogP contribution in [0.4, 0.5) is 6.01 Å². The first-order valence-corrected chi connectivity index (χ1v) is 8.77. The summed E-state index contributed by atoms with van der Waals surface area (Å²) in [6, 6.07) is 10.6. The van der Waals surface area contributed by atoms with E-state index in [2.05, 4.69) is 10.3 Å². The summed E-state index contributed by atoms with van der Waals surface area (Å²) in [6.45, 7) is 0. The van der Waals surface area contributed by atoms with E-state index in [9.17, 15) is 13.2 Å². The number of anilines is 1. The number of sulfone groups is 1. The Morgan fingerprint density at radius 1 is 1.17 bits per heavy atom. The van der Waals surface area contributed by atoms with Crippen molar-refractivity contribution in [3.05, 3.63) is 53.1 Å². The smallest absolute Gasteiger partial charge is 0.302 e. The van der Waals surface area contributed by atoms with Gasteiger partial charge >= 0.3 is 6.01 Å². The maximum absolute atomic E-state index is 12.1.